The fourth-order valence-corrected chi connectivity index (χ4v) is 3.94. The molecule has 6 heteroatoms. The van der Waals surface area contributed by atoms with Gasteiger partial charge in [-0.15, -0.1) is 0 Å². The number of carbonyl (C=O) groups excluding carboxylic acids is 1. The Morgan fingerprint density at radius 3 is 2.69 bits per heavy atom. The lowest BCUT2D eigenvalue weighted by molar-refractivity contribution is -0.120. The Morgan fingerprint density at radius 1 is 1.12 bits per heavy atom. The van der Waals surface area contributed by atoms with Crippen LogP contribution in [-0.4, -0.2) is 60.6 Å². The van der Waals surface area contributed by atoms with Crippen LogP contribution in [0.5, 0.6) is 5.75 Å². The Labute approximate surface area is 154 Å². The van der Waals surface area contributed by atoms with Gasteiger partial charge in [0.15, 0.2) is 11.6 Å². The minimum absolute atomic E-state index is 0.176. The SMILES string of the molecule is O=C1CCC(N2CCN(Cc3cccc(OC4CC4)c3F)CC2)CCN1. The summed E-state index contributed by atoms with van der Waals surface area (Å²) in [4.78, 5) is 16.3. The van der Waals surface area contributed by atoms with E-state index in [0.717, 1.165) is 64.0 Å². The number of nitrogens with zero attached hydrogens (tertiary/aromatic N) is 2. The van der Waals surface area contributed by atoms with Crippen LogP contribution < -0.4 is 10.1 Å². The third kappa shape index (κ3) is 4.35. The molecule has 5 nitrogen and oxygen atoms in total. The molecule has 1 aromatic rings. The van der Waals surface area contributed by atoms with Crippen molar-refractivity contribution < 1.29 is 13.9 Å². The molecule has 0 bridgehead atoms. The molecule has 4 rings (SSSR count). The summed E-state index contributed by atoms with van der Waals surface area (Å²) in [5.74, 6) is 0.379. The topological polar surface area (TPSA) is 44.8 Å². The summed E-state index contributed by atoms with van der Waals surface area (Å²) in [7, 11) is 0. The van der Waals surface area contributed by atoms with E-state index in [1.807, 2.05) is 12.1 Å². The lowest BCUT2D eigenvalue weighted by Crippen LogP contribution is -2.50. The van der Waals surface area contributed by atoms with Crippen LogP contribution >= 0.6 is 0 Å². The molecule has 1 saturated carbocycles. The van der Waals surface area contributed by atoms with Crippen molar-refractivity contribution in [2.45, 2.75) is 50.8 Å². The molecule has 2 heterocycles. The van der Waals surface area contributed by atoms with Crippen LogP contribution in [0.3, 0.4) is 0 Å². The number of amides is 1. The Hall–Kier alpha value is -1.66. The highest BCUT2D eigenvalue weighted by Gasteiger charge is 2.27. The summed E-state index contributed by atoms with van der Waals surface area (Å²) in [6.07, 6.45) is 4.89. The summed E-state index contributed by atoms with van der Waals surface area (Å²) in [6.45, 7) is 5.25. The van der Waals surface area contributed by atoms with Gasteiger partial charge in [-0.3, -0.25) is 14.6 Å². The minimum atomic E-state index is -0.199. The van der Waals surface area contributed by atoms with E-state index in [1.54, 1.807) is 6.07 Å². The normalized spacial score (nSPS) is 25.6. The molecule has 0 aromatic heterocycles. The third-order valence-corrected chi connectivity index (χ3v) is 5.68. The molecule has 1 N–H and O–H groups in total. The number of carbonyl (C=O) groups is 1. The first-order valence-electron chi connectivity index (χ1n) is 9.86. The fraction of sp³-hybridized carbons (Fsp3) is 0.650. The summed E-state index contributed by atoms with van der Waals surface area (Å²) in [6, 6.07) is 5.98. The van der Waals surface area contributed by atoms with Gasteiger partial charge >= 0.3 is 0 Å². The van der Waals surface area contributed by atoms with Gasteiger partial charge in [-0.2, -0.15) is 0 Å². The minimum Gasteiger partial charge on any atom is -0.487 e. The maximum atomic E-state index is 14.7. The molecular formula is C20H28FN3O2. The number of hydrogen-bond donors (Lipinski definition) is 1. The van der Waals surface area contributed by atoms with E-state index in [-0.39, 0.29) is 17.8 Å². The number of benzene rings is 1. The number of halogens is 1. The van der Waals surface area contributed by atoms with Crippen LogP contribution in [0.2, 0.25) is 0 Å². The zero-order valence-corrected chi connectivity index (χ0v) is 15.3. The van der Waals surface area contributed by atoms with E-state index < -0.39 is 0 Å². The van der Waals surface area contributed by atoms with Crippen molar-refractivity contribution >= 4 is 5.91 Å². The molecule has 3 fully saturated rings. The van der Waals surface area contributed by atoms with Crippen molar-refractivity contribution in [2.75, 3.05) is 32.7 Å². The molecule has 142 valence electrons. The number of piperazine rings is 1. The van der Waals surface area contributed by atoms with Crippen LogP contribution in [0.4, 0.5) is 4.39 Å². The molecule has 1 amide bonds. The van der Waals surface area contributed by atoms with Crippen molar-refractivity contribution in [1.29, 1.82) is 0 Å². The highest BCUT2D eigenvalue weighted by molar-refractivity contribution is 5.76. The molecule has 1 atom stereocenters. The zero-order chi connectivity index (χ0) is 17.9. The predicted molar refractivity (Wildman–Crippen MR) is 97.5 cm³/mol. The smallest absolute Gasteiger partial charge is 0.220 e. The average molecular weight is 361 g/mol. The Bertz CT molecular complexity index is 642. The molecule has 1 unspecified atom stereocenters. The third-order valence-electron chi connectivity index (χ3n) is 5.68. The fourth-order valence-electron chi connectivity index (χ4n) is 3.94. The Balaban J connectivity index is 1.30. The highest BCUT2D eigenvalue weighted by atomic mass is 19.1. The molecule has 3 aliphatic rings. The summed E-state index contributed by atoms with van der Waals surface area (Å²) in [5, 5.41) is 2.95. The number of nitrogens with one attached hydrogen (secondary N) is 1. The molecule has 26 heavy (non-hydrogen) atoms. The van der Waals surface area contributed by atoms with Gasteiger partial charge in [-0.25, -0.2) is 4.39 Å². The van der Waals surface area contributed by atoms with Crippen LogP contribution in [0, 0.1) is 5.82 Å². The summed E-state index contributed by atoms with van der Waals surface area (Å²) >= 11 is 0. The molecular weight excluding hydrogens is 333 g/mol. The van der Waals surface area contributed by atoms with Gasteiger partial charge in [-0.05, 0) is 31.7 Å². The summed E-state index contributed by atoms with van der Waals surface area (Å²) in [5.41, 5.74) is 0.723. The van der Waals surface area contributed by atoms with Crippen molar-refractivity contribution in [1.82, 2.24) is 15.1 Å². The Kier molecular flexibility index (Phi) is 5.41. The Morgan fingerprint density at radius 2 is 1.92 bits per heavy atom. The number of hydrogen-bond acceptors (Lipinski definition) is 4. The predicted octanol–water partition coefficient (Wildman–Crippen LogP) is 2.15. The first-order valence-corrected chi connectivity index (χ1v) is 9.86. The zero-order valence-electron chi connectivity index (χ0n) is 15.3. The van der Waals surface area contributed by atoms with Gasteiger partial charge in [0.2, 0.25) is 5.91 Å². The van der Waals surface area contributed by atoms with Gasteiger partial charge in [0.1, 0.15) is 0 Å². The van der Waals surface area contributed by atoms with Crippen molar-refractivity contribution in [3.8, 4) is 5.75 Å². The van der Waals surface area contributed by atoms with Crippen LogP contribution in [0.25, 0.3) is 0 Å². The second kappa shape index (κ2) is 7.92. The molecule has 2 aliphatic heterocycles. The monoisotopic (exact) mass is 361 g/mol. The van der Waals surface area contributed by atoms with E-state index in [9.17, 15) is 9.18 Å². The van der Waals surface area contributed by atoms with E-state index in [1.165, 1.54) is 0 Å². The molecule has 1 aromatic carbocycles. The van der Waals surface area contributed by atoms with Crippen molar-refractivity contribution in [3.05, 3.63) is 29.6 Å². The molecule has 0 radical (unpaired) electrons. The van der Waals surface area contributed by atoms with Gasteiger partial charge in [0.25, 0.3) is 0 Å². The standard InChI is InChI=1S/C20H28FN3O2/c21-20-15(2-1-3-18(20)26-17-5-6-17)14-23-10-12-24(13-11-23)16-4-7-19(25)22-9-8-16/h1-3,16-17H,4-14H2,(H,22,25). The van der Waals surface area contributed by atoms with Gasteiger partial charge in [-0.1, -0.05) is 12.1 Å². The second-order valence-corrected chi connectivity index (χ2v) is 7.69. The van der Waals surface area contributed by atoms with Crippen LogP contribution in [0.1, 0.15) is 37.7 Å². The van der Waals surface area contributed by atoms with E-state index >= 15 is 0 Å². The van der Waals surface area contributed by atoms with Gasteiger partial charge in [0.05, 0.1) is 6.10 Å². The molecule has 1 aliphatic carbocycles. The second-order valence-electron chi connectivity index (χ2n) is 7.69. The van der Waals surface area contributed by atoms with E-state index in [4.69, 9.17) is 4.74 Å². The summed E-state index contributed by atoms with van der Waals surface area (Å²) < 4.78 is 20.3. The first-order chi connectivity index (χ1) is 12.7. The lowest BCUT2D eigenvalue weighted by atomic mass is 10.1. The highest BCUT2D eigenvalue weighted by Crippen LogP contribution is 2.30. The maximum absolute atomic E-state index is 14.7. The molecule has 2 saturated heterocycles. The largest absolute Gasteiger partial charge is 0.487 e. The van der Waals surface area contributed by atoms with Crippen molar-refractivity contribution in [2.24, 2.45) is 0 Å². The van der Waals surface area contributed by atoms with Gasteiger partial charge in [0, 0.05) is 57.3 Å². The molecule has 0 spiro atoms. The van der Waals surface area contributed by atoms with Crippen LogP contribution in [-0.2, 0) is 11.3 Å². The first kappa shape index (κ1) is 17.7. The van der Waals surface area contributed by atoms with E-state index in [2.05, 4.69) is 15.1 Å². The lowest BCUT2D eigenvalue weighted by Gasteiger charge is -2.39. The maximum Gasteiger partial charge on any atom is 0.220 e. The van der Waals surface area contributed by atoms with Gasteiger partial charge < -0.3 is 10.1 Å². The van der Waals surface area contributed by atoms with E-state index in [0.29, 0.717) is 24.8 Å². The van der Waals surface area contributed by atoms with Crippen molar-refractivity contribution in [3.63, 3.8) is 0 Å². The number of rotatable bonds is 5. The van der Waals surface area contributed by atoms with Crippen LogP contribution in [0.15, 0.2) is 18.2 Å². The number of ether oxygens (including phenoxy) is 1. The average Bonchev–Trinajstić information content (AvgIpc) is 3.47. The quantitative estimate of drug-likeness (QED) is 0.873.